The first kappa shape index (κ1) is 22.1. The first-order chi connectivity index (χ1) is 10.6. The van der Waals surface area contributed by atoms with Gasteiger partial charge in [-0.1, -0.05) is 0 Å². The first-order valence-corrected chi connectivity index (χ1v) is 9.55. The molecule has 0 saturated carbocycles. The van der Waals surface area contributed by atoms with Crippen molar-refractivity contribution in [2.75, 3.05) is 0 Å². The van der Waals surface area contributed by atoms with Crippen LogP contribution in [0.15, 0.2) is 24.3 Å². The Hall–Kier alpha value is -0.930. The van der Waals surface area contributed by atoms with Gasteiger partial charge in [0.25, 0.3) is 10.1 Å². The molecule has 23 heavy (non-hydrogen) atoms. The second kappa shape index (κ2) is 10.8. The minimum Gasteiger partial charge on any atom is -0.481 e. The number of benzene rings is 1. The van der Waals surface area contributed by atoms with Crippen molar-refractivity contribution in [3.63, 3.8) is 0 Å². The van der Waals surface area contributed by atoms with Gasteiger partial charge in [-0.2, -0.15) is 8.42 Å². The van der Waals surface area contributed by atoms with E-state index in [9.17, 15) is 18.0 Å². The molecule has 7 nitrogen and oxygen atoms in total. The Bertz CT molecular complexity index is 628. The van der Waals surface area contributed by atoms with Crippen LogP contribution in [0.3, 0.4) is 0 Å². The molecule has 0 spiro atoms. The average molecular weight is 354 g/mol. The van der Waals surface area contributed by atoms with E-state index >= 15 is 0 Å². The molecule has 0 heterocycles. The normalized spacial score (nSPS) is 12.0. The maximum Gasteiger partial charge on any atom is 0.325 e. The summed E-state index contributed by atoms with van der Waals surface area (Å²) >= 11 is 1.19. The molecule has 1 atom stereocenters. The van der Waals surface area contributed by atoms with Gasteiger partial charge in [-0.05, 0) is 0 Å². The zero-order chi connectivity index (χ0) is 18.0. The number of unbranched alkanes of at least 4 members (excludes halogenated alkanes) is 1. The zero-order valence-electron chi connectivity index (χ0n) is 13.1. The molecule has 0 amide bonds. The van der Waals surface area contributed by atoms with E-state index in [2.05, 4.69) is 31.2 Å². The largest absolute Gasteiger partial charge is 0.481 e. The zero-order valence-corrected chi connectivity index (χ0v) is 15.9. The Labute approximate surface area is 152 Å². The number of hydrogen-bond donors (Lipinski definition) is 3. The van der Waals surface area contributed by atoms with Crippen LogP contribution in [0, 0.1) is 0 Å². The van der Waals surface area contributed by atoms with E-state index in [4.69, 9.17) is 14.8 Å². The molecule has 1 unspecified atom stereocenters. The molecule has 1 rings (SSSR count). The van der Waals surface area contributed by atoms with Crippen LogP contribution < -0.4 is 2.81 Å². The van der Waals surface area contributed by atoms with E-state index in [1.807, 2.05) is 0 Å². The smallest absolute Gasteiger partial charge is 0.325 e. The van der Waals surface area contributed by atoms with E-state index in [0.29, 0.717) is 0 Å². The van der Waals surface area contributed by atoms with Crippen LogP contribution in [0.2, 0.25) is 0 Å². The number of hydrogen-bond acceptors (Lipinski definition) is 4. The van der Waals surface area contributed by atoms with Crippen molar-refractivity contribution in [1.82, 2.24) is 0 Å². The minimum absolute atomic E-state index is 1.16. The Morgan fingerprint density at radius 2 is 1.78 bits per heavy atom. The topological polar surface area (TPSA) is 129 Å². The molecule has 0 fully saturated rings. The summed E-state index contributed by atoms with van der Waals surface area (Å²) in [6.07, 6.45) is 2.75. The summed E-state index contributed by atoms with van der Waals surface area (Å²) in [5.74, 6) is -3.50. The number of aliphatic carboxylic acids is 2. The molecular formula is C14H19NaO7S. The predicted octanol–water partition coefficient (Wildman–Crippen LogP) is 0.625. The third kappa shape index (κ3) is 9.72. The van der Waals surface area contributed by atoms with Gasteiger partial charge in [0.1, 0.15) is 0 Å². The van der Waals surface area contributed by atoms with Crippen LogP contribution in [-0.4, -0.2) is 68.3 Å². The summed E-state index contributed by atoms with van der Waals surface area (Å²) in [6.45, 7) is 2.25. The molecule has 9 heteroatoms. The minimum atomic E-state index is -4.84. The van der Waals surface area contributed by atoms with E-state index in [1.165, 1.54) is 47.2 Å². The summed E-state index contributed by atoms with van der Waals surface area (Å²) in [5, 5.41) is 13.9. The summed E-state index contributed by atoms with van der Waals surface area (Å²) < 4.78 is 30.2. The molecule has 0 bridgehead atoms. The molecule has 0 aromatic heterocycles. The average Bonchev–Trinajstić information content (AvgIpc) is 2.43. The fourth-order valence-corrected chi connectivity index (χ4v) is 2.95. The van der Waals surface area contributed by atoms with Crippen molar-refractivity contribution < 1.29 is 32.8 Å². The quantitative estimate of drug-likeness (QED) is 0.484. The number of carbonyl (C=O) groups is 2. The first-order valence-electron chi connectivity index (χ1n) is 7.05. The second-order valence-electron chi connectivity index (χ2n) is 4.97. The summed E-state index contributed by atoms with van der Waals surface area (Å²) in [4.78, 5) is 20.0. The Morgan fingerprint density at radius 3 is 2.13 bits per heavy atom. The fraction of sp³-hybridized carbons (Fsp3) is 0.429. The van der Waals surface area contributed by atoms with Gasteiger partial charge in [-0.3, -0.25) is 14.1 Å². The van der Waals surface area contributed by atoms with Crippen LogP contribution in [0.25, 0.3) is 0 Å². The van der Waals surface area contributed by atoms with Crippen LogP contribution in [0.5, 0.6) is 0 Å². The Morgan fingerprint density at radius 1 is 1.22 bits per heavy atom. The summed E-state index contributed by atoms with van der Waals surface area (Å²) in [7, 11) is -4.84. The number of aryl methyl sites for hydroxylation is 1. The van der Waals surface area contributed by atoms with Gasteiger partial charge in [0.15, 0.2) is 5.25 Å². The van der Waals surface area contributed by atoms with Gasteiger partial charge in [0, 0.05) is 0 Å². The maximum atomic E-state index is 10.2. The number of rotatable bonds is 7. The van der Waals surface area contributed by atoms with Crippen molar-refractivity contribution in [2.24, 2.45) is 0 Å². The van der Waals surface area contributed by atoms with Gasteiger partial charge in [0.2, 0.25) is 0 Å². The van der Waals surface area contributed by atoms with E-state index in [1.54, 1.807) is 8.38 Å². The number of carboxylic acids is 2. The van der Waals surface area contributed by atoms with Crippen molar-refractivity contribution in [3.05, 3.63) is 29.8 Å². The Kier molecular flexibility index (Phi) is 10.3. The summed E-state index contributed by atoms with van der Waals surface area (Å²) in [5.41, 5.74) is 1.57. The van der Waals surface area contributed by atoms with Gasteiger partial charge in [0.05, 0.1) is 6.42 Å². The van der Waals surface area contributed by atoms with Crippen LogP contribution in [0.1, 0.15) is 31.7 Å². The van der Waals surface area contributed by atoms with Gasteiger partial charge in [-0.25, -0.2) is 0 Å². The second-order valence-corrected chi connectivity index (χ2v) is 7.65. The van der Waals surface area contributed by atoms with Crippen molar-refractivity contribution in [1.29, 1.82) is 0 Å². The molecule has 0 aliphatic rings. The molecular weight excluding hydrogens is 335 g/mol. The third-order valence-corrected chi connectivity index (χ3v) is 5.12. The van der Waals surface area contributed by atoms with Crippen LogP contribution in [-0.2, 0) is 26.1 Å². The third-order valence-electron chi connectivity index (χ3n) is 3.06. The monoisotopic (exact) mass is 354 g/mol. The summed E-state index contributed by atoms with van der Waals surface area (Å²) in [6, 6.07) is 8.79. The molecule has 124 valence electrons. The predicted molar refractivity (Wildman–Crippen MR) is 85.7 cm³/mol. The van der Waals surface area contributed by atoms with Gasteiger partial charge in [-0.15, -0.1) is 0 Å². The van der Waals surface area contributed by atoms with Crippen LogP contribution in [0.4, 0.5) is 0 Å². The van der Waals surface area contributed by atoms with Gasteiger partial charge < -0.3 is 10.2 Å². The maximum absolute atomic E-state index is 10.2. The molecule has 0 aliphatic carbocycles. The van der Waals surface area contributed by atoms with E-state index in [-0.39, 0.29) is 0 Å². The van der Waals surface area contributed by atoms with Crippen molar-refractivity contribution in [2.45, 2.75) is 37.9 Å². The fourth-order valence-electron chi connectivity index (χ4n) is 1.74. The van der Waals surface area contributed by atoms with Crippen LogP contribution >= 0.6 is 0 Å². The van der Waals surface area contributed by atoms with E-state index in [0.717, 1.165) is 0 Å². The number of carboxylic acid groups (broad SMARTS) is 2. The molecule has 3 N–H and O–H groups in total. The SMILES string of the molecule is CCCCc1cccc[c]1[Na].O=C(O)CC(C(=O)O)S(=O)(=O)O. The molecule has 0 saturated heterocycles. The Balaban J connectivity index is 0.000000422. The van der Waals surface area contributed by atoms with Crippen molar-refractivity contribution >= 4 is 52.8 Å². The van der Waals surface area contributed by atoms with Crippen molar-refractivity contribution in [3.8, 4) is 0 Å². The molecule has 1 aromatic carbocycles. The molecule has 0 radical (unpaired) electrons. The van der Waals surface area contributed by atoms with E-state index < -0.39 is 33.7 Å². The van der Waals surface area contributed by atoms with Gasteiger partial charge >= 0.3 is 98.7 Å². The standard InChI is InChI=1S/C10H13.C4H6O7S.Na/c1-2-3-7-10-8-5-4-6-9-10;5-3(6)1-2(4(7)8)12(9,10)11;/h4-6,8H,2-3,7H2,1H3;2H,1H2,(H,5,6)(H,7,8)(H,9,10,11);. The molecule has 1 aromatic rings. The molecule has 0 aliphatic heterocycles.